The van der Waals surface area contributed by atoms with Crippen molar-refractivity contribution in [3.8, 4) is 5.75 Å². The Labute approximate surface area is 141 Å². The Morgan fingerprint density at radius 2 is 2.00 bits per heavy atom. The van der Waals surface area contributed by atoms with Crippen molar-refractivity contribution in [3.05, 3.63) is 53.6 Å². The zero-order chi connectivity index (χ0) is 16.8. The van der Waals surface area contributed by atoms with Crippen LogP contribution >= 0.6 is 0 Å². The van der Waals surface area contributed by atoms with Gasteiger partial charge in [-0.1, -0.05) is 12.1 Å². The Morgan fingerprint density at radius 1 is 1.21 bits per heavy atom. The number of amides is 2. The Balaban J connectivity index is 1.38. The molecule has 1 fully saturated rings. The second kappa shape index (κ2) is 7.77. The first-order valence-corrected chi connectivity index (χ1v) is 8.20. The van der Waals surface area contributed by atoms with Crippen molar-refractivity contribution < 1.29 is 9.53 Å². The Bertz CT molecular complexity index is 684. The minimum absolute atomic E-state index is 0.185. The molecule has 6 heteroatoms. The predicted molar refractivity (Wildman–Crippen MR) is 90.9 cm³/mol. The van der Waals surface area contributed by atoms with Gasteiger partial charge in [0.15, 0.2) is 0 Å². The van der Waals surface area contributed by atoms with Crippen LogP contribution in [0.5, 0.6) is 5.75 Å². The lowest BCUT2D eigenvalue weighted by Gasteiger charge is -2.08. The first kappa shape index (κ1) is 16.2. The van der Waals surface area contributed by atoms with Gasteiger partial charge in [0, 0.05) is 18.2 Å². The molecule has 0 saturated heterocycles. The van der Waals surface area contributed by atoms with Crippen molar-refractivity contribution in [2.24, 2.45) is 0 Å². The Hall–Kier alpha value is -2.63. The summed E-state index contributed by atoms with van der Waals surface area (Å²) in [6, 6.07) is 9.63. The van der Waals surface area contributed by atoms with Gasteiger partial charge >= 0.3 is 6.03 Å². The number of ether oxygens (including phenoxy) is 1. The number of carbonyl (C=O) groups is 1. The fourth-order valence-electron chi connectivity index (χ4n) is 2.46. The summed E-state index contributed by atoms with van der Waals surface area (Å²) in [6.45, 7) is 0.992. The third-order valence-corrected chi connectivity index (χ3v) is 4.03. The molecular weight excluding hydrogens is 304 g/mol. The number of nitrogens with zero attached hydrogens (tertiary/aromatic N) is 2. The first-order chi connectivity index (χ1) is 11.7. The van der Waals surface area contributed by atoms with Gasteiger partial charge in [-0.2, -0.15) is 0 Å². The summed E-state index contributed by atoms with van der Waals surface area (Å²) >= 11 is 0. The third kappa shape index (κ3) is 4.68. The molecule has 0 bridgehead atoms. The lowest BCUT2D eigenvalue weighted by molar-refractivity contribution is 0.240. The molecule has 0 spiro atoms. The maximum absolute atomic E-state index is 11.9. The van der Waals surface area contributed by atoms with Crippen LogP contribution in [0.1, 0.15) is 35.7 Å². The van der Waals surface area contributed by atoms with Gasteiger partial charge in [-0.25, -0.2) is 14.8 Å². The zero-order valence-corrected chi connectivity index (χ0v) is 13.8. The monoisotopic (exact) mass is 326 g/mol. The zero-order valence-electron chi connectivity index (χ0n) is 13.8. The summed E-state index contributed by atoms with van der Waals surface area (Å²) in [5.74, 6) is 1.42. The molecule has 1 aliphatic carbocycles. The highest BCUT2D eigenvalue weighted by Gasteiger charge is 2.25. The topological polar surface area (TPSA) is 76.1 Å². The smallest absolute Gasteiger partial charge is 0.315 e. The minimum atomic E-state index is -0.185. The second-order valence-electron chi connectivity index (χ2n) is 5.92. The molecule has 0 unspecified atom stereocenters. The second-order valence-corrected chi connectivity index (χ2v) is 5.92. The number of urea groups is 1. The van der Waals surface area contributed by atoms with Crippen molar-refractivity contribution in [2.75, 3.05) is 13.7 Å². The van der Waals surface area contributed by atoms with Crippen molar-refractivity contribution in [1.29, 1.82) is 0 Å². The predicted octanol–water partition coefficient (Wildman–Crippen LogP) is 2.40. The van der Waals surface area contributed by atoms with E-state index in [2.05, 4.69) is 20.6 Å². The van der Waals surface area contributed by atoms with E-state index in [9.17, 15) is 4.79 Å². The van der Waals surface area contributed by atoms with E-state index in [-0.39, 0.29) is 6.03 Å². The average Bonchev–Trinajstić information content (AvgIpc) is 3.46. The Morgan fingerprint density at radius 3 is 2.71 bits per heavy atom. The molecule has 1 heterocycles. The van der Waals surface area contributed by atoms with Crippen LogP contribution in [-0.2, 0) is 13.0 Å². The summed E-state index contributed by atoms with van der Waals surface area (Å²) in [5, 5.41) is 5.68. The van der Waals surface area contributed by atoms with Crippen LogP contribution in [0.4, 0.5) is 4.79 Å². The molecular formula is C18H22N4O2. The van der Waals surface area contributed by atoms with E-state index in [0.29, 0.717) is 19.0 Å². The van der Waals surface area contributed by atoms with Crippen molar-refractivity contribution in [3.63, 3.8) is 0 Å². The minimum Gasteiger partial charge on any atom is -0.497 e. The lowest BCUT2D eigenvalue weighted by Crippen LogP contribution is -2.36. The summed E-state index contributed by atoms with van der Waals surface area (Å²) < 4.78 is 5.12. The molecule has 2 amide bonds. The fourth-order valence-corrected chi connectivity index (χ4v) is 2.46. The van der Waals surface area contributed by atoms with Crippen LogP contribution in [0.2, 0.25) is 0 Å². The molecule has 1 saturated carbocycles. The van der Waals surface area contributed by atoms with E-state index in [1.807, 2.05) is 30.3 Å². The van der Waals surface area contributed by atoms with E-state index in [1.165, 1.54) is 12.8 Å². The number of hydrogen-bond acceptors (Lipinski definition) is 4. The van der Waals surface area contributed by atoms with Crippen molar-refractivity contribution in [2.45, 2.75) is 31.7 Å². The van der Waals surface area contributed by atoms with E-state index in [1.54, 1.807) is 13.4 Å². The SMILES string of the molecule is COc1ccc(CCNC(=O)NCc2cc(C3CC3)ncn2)cc1. The van der Waals surface area contributed by atoms with Crippen LogP contribution < -0.4 is 15.4 Å². The number of rotatable bonds is 7. The van der Waals surface area contributed by atoms with E-state index in [4.69, 9.17) is 4.74 Å². The molecule has 0 atom stereocenters. The number of methoxy groups -OCH3 is 1. The highest BCUT2D eigenvalue weighted by molar-refractivity contribution is 5.73. The number of carbonyl (C=O) groups excluding carboxylic acids is 1. The molecule has 3 rings (SSSR count). The molecule has 6 nitrogen and oxygen atoms in total. The van der Waals surface area contributed by atoms with Gasteiger partial charge in [0.1, 0.15) is 12.1 Å². The van der Waals surface area contributed by atoms with Crippen LogP contribution in [0.3, 0.4) is 0 Å². The van der Waals surface area contributed by atoms with Gasteiger partial charge in [-0.3, -0.25) is 0 Å². The largest absolute Gasteiger partial charge is 0.497 e. The average molecular weight is 326 g/mol. The summed E-state index contributed by atoms with van der Waals surface area (Å²) in [7, 11) is 1.65. The molecule has 1 aliphatic rings. The molecule has 2 aromatic rings. The number of hydrogen-bond donors (Lipinski definition) is 2. The molecule has 126 valence electrons. The van der Waals surface area contributed by atoms with Crippen molar-refractivity contribution >= 4 is 6.03 Å². The van der Waals surface area contributed by atoms with Gasteiger partial charge in [-0.05, 0) is 43.0 Å². The summed E-state index contributed by atoms with van der Waals surface area (Å²) in [5.41, 5.74) is 3.08. The van der Waals surface area contributed by atoms with E-state index < -0.39 is 0 Å². The molecule has 0 aliphatic heterocycles. The summed E-state index contributed by atoms with van der Waals surface area (Å²) in [4.78, 5) is 20.3. The van der Waals surface area contributed by atoms with Crippen LogP contribution in [-0.4, -0.2) is 29.7 Å². The highest BCUT2D eigenvalue weighted by Crippen LogP contribution is 2.38. The molecule has 2 N–H and O–H groups in total. The van der Waals surface area contributed by atoms with Gasteiger partial charge in [0.05, 0.1) is 19.3 Å². The quantitative estimate of drug-likeness (QED) is 0.819. The standard InChI is InChI=1S/C18H22N4O2/c1-24-16-6-2-13(3-7-16)8-9-19-18(23)20-11-15-10-17(14-4-5-14)22-12-21-15/h2-3,6-7,10,12,14H,4-5,8-9,11H2,1H3,(H2,19,20,23). The maximum Gasteiger partial charge on any atom is 0.315 e. The maximum atomic E-state index is 11.9. The molecule has 1 aromatic carbocycles. The molecule has 1 aromatic heterocycles. The van der Waals surface area contributed by atoms with E-state index in [0.717, 1.165) is 29.1 Å². The van der Waals surface area contributed by atoms with Crippen LogP contribution in [0.15, 0.2) is 36.7 Å². The number of nitrogens with one attached hydrogen (secondary N) is 2. The van der Waals surface area contributed by atoms with Crippen molar-refractivity contribution in [1.82, 2.24) is 20.6 Å². The molecule has 24 heavy (non-hydrogen) atoms. The molecule has 0 radical (unpaired) electrons. The van der Waals surface area contributed by atoms with Gasteiger partial charge < -0.3 is 15.4 Å². The van der Waals surface area contributed by atoms with Gasteiger partial charge in [0.25, 0.3) is 0 Å². The third-order valence-electron chi connectivity index (χ3n) is 4.03. The number of benzene rings is 1. The summed E-state index contributed by atoms with van der Waals surface area (Å²) in [6.07, 6.45) is 4.76. The fraction of sp³-hybridized carbons (Fsp3) is 0.389. The normalized spacial score (nSPS) is 13.4. The lowest BCUT2D eigenvalue weighted by atomic mass is 10.1. The Kier molecular flexibility index (Phi) is 5.25. The number of aromatic nitrogens is 2. The highest BCUT2D eigenvalue weighted by atomic mass is 16.5. The van der Waals surface area contributed by atoms with E-state index >= 15 is 0 Å². The van der Waals surface area contributed by atoms with Gasteiger partial charge in [-0.15, -0.1) is 0 Å². The van der Waals surface area contributed by atoms with Crippen LogP contribution in [0, 0.1) is 0 Å². The van der Waals surface area contributed by atoms with Crippen LogP contribution in [0.25, 0.3) is 0 Å². The van der Waals surface area contributed by atoms with Gasteiger partial charge in [0.2, 0.25) is 0 Å². The first-order valence-electron chi connectivity index (χ1n) is 8.20.